The molecule has 1 saturated carbocycles. The minimum absolute atomic E-state index is 0.141. The molecule has 1 fully saturated rings. The zero-order valence-electron chi connectivity index (χ0n) is 10.3. The van der Waals surface area contributed by atoms with Crippen molar-refractivity contribution in [1.29, 1.82) is 0 Å². The van der Waals surface area contributed by atoms with Crippen molar-refractivity contribution in [3.05, 3.63) is 46.8 Å². The molecule has 1 nitrogen and oxygen atoms in total. The first kappa shape index (κ1) is 12.2. The van der Waals surface area contributed by atoms with E-state index in [4.69, 9.17) is 11.6 Å². The summed E-state index contributed by atoms with van der Waals surface area (Å²) in [6.45, 7) is 0.835. The molecule has 3 heteroatoms. The van der Waals surface area contributed by atoms with E-state index in [1.807, 2.05) is 12.1 Å². The molecule has 0 amide bonds. The molecule has 1 aromatic rings. The van der Waals surface area contributed by atoms with Crippen LogP contribution >= 0.6 is 11.6 Å². The van der Waals surface area contributed by atoms with Crippen LogP contribution in [0.5, 0.6) is 0 Å². The predicted molar refractivity (Wildman–Crippen MR) is 72.5 cm³/mol. The molecule has 0 saturated heterocycles. The summed E-state index contributed by atoms with van der Waals surface area (Å²) < 4.78 is 14.3. The quantitative estimate of drug-likeness (QED) is 0.816. The molecule has 0 unspecified atom stereocenters. The molecule has 0 atom stereocenters. The average Bonchev–Trinajstić information content (AvgIpc) is 3.09. The number of halogens is 2. The number of rotatable bonds is 4. The van der Waals surface area contributed by atoms with E-state index in [0.29, 0.717) is 6.04 Å². The lowest BCUT2D eigenvalue weighted by Crippen LogP contribution is -2.38. The van der Waals surface area contributed by atoms with Crippen molar-refractivity contribution in [2.24, 2.45) is 0 Å². The third-order valence-corrected chi connectivity index (χ3v) is 4.31. The molecule has 96 valence electrons. The number of nitrogens with one attached hydrogen (secondary N) is 1. The third kappa shape index (κ3) is 2.19. The molecular formula is C15H17ClFN. The van der Waals surface area contributed by atoms with Gasteiger partial charge in [0.05, 0.1) is 5.02 Å². The predicted octanol–water partition coefficient (Wildman–Crippen LogP) is 3.82. The van der Waals surface area contributed by atoms with Gasteiger partial charge in [0.1, 0.15) is 5.82 Å². The molecule has 2 aliphatic carbocycles. The molecule has 0 radical (unpaired) electrons. The highest BCUT2D eigenvalue weighted by Gasteiger charge is 2.37. The van der Waals surface area contributed by atoms with Crippen molar-refractivity contribution in [1.82, 2.24) is 5.32 Å². The smallest absolute Gasteiger partial charge is 0.145 e. The summed E-state index contributed by atoms with van der Waals surface area (Å²) in [6.07, 6.45) is 8.58. The molecule has 0 aliphatic heterocycles. The Labute approximate surface area is 112 Å². The van der Waals surface area contributed by atoms with Gasteiger partial charge >= 0.3 is 0 Å². The van der Waals surface area contributed by atoms with E-state index in [0.717, 1.165) is 24.9 Å². The number of allylic oxidation sites excluding steroid dienone is 2. The lowest BCUT2D eigenvalue weighted by Gasteiger charge is -2.30. The second-order valence-corrected chi connectivity index (χ2v) is 5.82. The van der Waals surface area contributed by atoms with E-state index in [9.17, 15) is 4.39 Å². The molecule has 3 rings (SSSR count). The van der Waals surface area contributed by atoms with Crippen molar-refractivity contribution in [2.45, 2.75) is 37.1 Å². The zero-order chi connectivity index (χ0) is 12.6. The molecule has 1 aromatic carbocycles. The van der Waals surface area contributed by atoms with Crippen LogP contribution in [0.25, 0.3) is 0 Å². The van der Waals surface area contributed by atoms with Crippen LogP contribution < -0.4 is 5.32 Å². The van der Waals surface area contributed by atoms with Crippen LogP contribution in [0, 0.1) is 5.82 Å². The van der Waals surface area contributed by atoms with Crippen LogP contribution in [0.15, 0.2) is 30.4 Å². The van der Waals surface area contributed by atoms with Gasteiger partial charge in [0.15, 0.2) is 0 Å². The summed E-state index contributed by atoms with van der Waals surface area (Å²) in [4.78, 5) is 0. The second kappa shape index (κ2) is 4.67. The minimum Gasteiger partial charge on any atom is -0.313 e. The summed E-state index contributed by atoms with van der Waals surface area (Å²) in [5.41, 5.74) is 0.616. The first-order valence-corrected chi connectivity index (χ1v) is 6.92. The largest absolute Gasteiger partial charge is 0.313 e. The lowest BCUT2D eigenvalue weighted by molar-refractivity contribution is 0.398. The van der Waals surface area contributed by atoms with Crippen LogP contribution in [-0.2, 0) is 5.41 Å². The minimum atomic E-state index is -0.250. The maximum Gasteiger partial charge on any atom is 0.145 e. The van der Waals surface area contributed by atoms with Crippen LogP contribution in [-0.4, -0.2) is 12.6 Å². The Morgan fingerprint density at radius 1 is 1.28 bits per heavy atom. The van der Waals surface area contributed by atoms with Gasteiger partial charge in [0.25, 0.3) is 0 Å². The molecule has 2 aliphatic rings. The molecule has 0 heterocycles. The van der Waals surface area contributed by atoms with E-state index in [-0.39, 0.29) is 16.3 Å². The Morgan fingerprint density at radius 3 is 2.67 bits per heavy atom. The maximum atomic E-state index is 14.3. The highest BCUT2D eigenvalue weighted by Crippen LogP contribution is 2.40. The monoisotopic (exact) mass is 265 g/mol. The Kier molecular flexibility index (Phi) is 3.16. The van der Waals surface area contributed by atoms with Gasteiger partial charge in [-0.05, 0) is 37.3 Å². The van der Waals surface area contributed by atoms with Gasteiger partial charge in [-0.25, -0.2) is 4.39 Å². The molecule has 1 N–H and O–H groups in total. The highest BCUT2D eigenvalue weighted by molar-refractivity contribution is 6.30. The van der Waals surface area contributed by atoms with Crippen LogP contribution in [0.1, 0.15) is 31.2 Å². The topological polar surface area (TPSA) is 12.0 Å². The molecule has 0 aromatic heterocycles. The summed E-state index contributed by atoms with van der Waals surface area (Å²) >= 11 is 5.91. The Balaban J connectivity index is 1.89. The third-order valence-electron chi connectivity index (χ3n) is 4.01. The molecule has 0 bridgehead atoms. The molecular weight excluding hydrogens is 249 g/mol. The van der Waals surface area contributed by atoms with Crippen molar-refractivity contribution < 1.29 is 4.39 Å². The summed E-state index contributed by atoms with van der Waals surface area (Å²) in [5, 5.41) is 3.76. The standard InChI is InChI=1S/C15H17ClFN/c16-13-5-3-4-12(14(13)17)15(8-1-2-9-15)10-18-11-6-7-11/h1-5,11,18H,6-10H2. The Bertz CT molecular complexity index is 471. The number of hydrogen-bond donors (Lipinski definition) is 1. The van der Waals surface area contributed by atoms with E-state index in [1.54, 1.807) is 6.07 Å². The fourth-order valence-electron chi connectivity index (χ4n) is 2.70. The summed E-state index contributed by atoms with van der Waals surface area (Å²) in [6, 6.07) is 5.98. The first-order chi connectivity index (χ1) is 8.71. The lowest BCUT2D eigenvalue weighted by atomic mass is 9.77. The molecule has 18 heavy (non-hydrogen) atoms. The van der Waals surface area contributed by atoms with E-state index in [1.165, 1.54) is 12.8 Å². The summed E-state index contributed by atoms with van der Waals surface area (Å²) in [5.74, 6) is -0.250. The van der Waals surface area contributed by atoms with Crippen LogP contribution in [0.4, 0.5) is 4.39 Å². The van der Waals surface area contributed by atoms with Crippen LogP contribution in [0.3, 0.4) is 0 Å². The normalized spacial score (nSPS) is 21.4. The molecule has 0 spiro atoms. The van der Waals surface area contributed by atoms with Gasteiger partial charge in [-0.2, -0.15) is 0 Å². The number of hydrogen-bond acceptors (Lipinski definition) is 1. The fraction of sp³-hybridized carbons (Fsp3) is 0.467. The highest BCUT2D eigenvalue weighted by atomic mass is 35.5. The number of benzene rings is 1. The van der Waals surface area contributed by atoms with Gasteiger partial charge < -0.3 is 5.32 Å². The van der Waals surface area contributed by atoms with Crippen molar-refractivity contribution in [3.8, 4) is 0 Å². The Morgan fingerprint density at radius 2 is 2.00 bits per heavy atom. The van der Waals surface area contributed by atoms with Gasteiger partial charge in [-0.15, -0.1) is 0 Å². The van der Waals surface area contributed by atoms with Crippen molar-refractivity contribution in [3.63, 3.8) is 0 Å². The van der Waals surface area contributed by atoms with Crippen LogP contribution in [0.2, 0.25) is 5.02 Å². The van der Waals surface area contributed by atoms with E-state index < -0.39 is 0 Å². The van der Waals surface area contributed by atoms with E-state index in [2.05, 4.69) is 17.5 Å². The van der Waals surface area contributed by atoms with Gasteiger partial charge in [-0.3, -0.25) is 0 Å². The first-order valence-electron chi connectivity index (χ1n) is 6.54. The zero-order valence-corrected chi connectivity index (χ0v) is 11.0. The summed E-state index contributed by atoms with van der Waals surface area (Å²) in [7, 11) is 0. The fourth-order valence-corrected chi connectivity index (χ4v) is 2.88. The van der Waals surface area contributed by atoms with Gasteiger partial charge in [-0.1, -0.05) is 35.9 Å². The van der Waals surface area contributed by atoms with Crippen molar-refractivity contribution >= 4 is 11.6 Å². The average molecular weight is 266 g/mol. The van der Waals surface area contributed by atoms with Gasteiger partial charge in [0, 0.05) is 18.0 Å². The maximum absolute atomic E-state index is 14.3. The van der Waals surface area contributed by atoms with Crippen molar-refractivity contribution in [2.75, 3.05) is 6.54 Å². The van der Waals surface area contributed by atoms with Gasteiger partial charge in [0.2, 0.25) is 0 Å². The Hall–Kier alpha value is -0.860. The SMILES string of the molecule is Fc1c(Cl)cccc1C1(CNC2CC2)CC=CC1. The van der Waals surface area contributed by atoms with E-state index >= 15 is 0 Å². The second-order valence-electron chi connectivity index (χ2n) is 5.42.